The van der Waals surface area contributed by atoms with Gasteiger partial charge < -0.3 is 4.74 Å². The highest BCUT2D eigenvalue weighted by Crippen LogP contribution is 2.37. The van der Waals surface area contributed by atoms with Gasteiger partial charge in [-0.05, 0) is 78.7 Å². The van der Waals surface area contributed by atoms with E-state index in [0.29, 0.717) is 34.9 Å². The molecule has 36 heavy (non-hydrogen) atoms. The number of rotatable bonds is 10. The minimum atomic E-state index is -0.813. The van der Waals surface area contributed by atoms with Gasteiger partial charge in [-0.25, -0.2) is 13.2 Å². The van der Waals surface area contributed by atoms with Gasteiger partial charge in [0.2, 0.25) is 0 Å². The first kappa shape index (κ1) is 26.5. The Hall–Kier alpha value is -2.59. The van der Waals surface area contributed by atoms with E-state index in [1.165, 1.54) is 0 Å². The first-order valence-electron chi connectivity index (χ1n) is 13.4. The Bertz CT molecular complexity index is 1130. The first-order chi connectivity index (χ1) is 17.5. The second-order valence-corrected chi connectivity index (χ2v) is 10.2. The number of hydrogen-bond donors (Lipinski definition) is 0. The van der Waals surface area contributed by atoms with E-state index in [0.717, 1.165) is 69.1 Å². The zero-order valence-electron chi connectivity index (χ0n) is 21.5. The normalized spacial score (nSPS) is 17.9. The minimum absolute atomic E-state index is 0.233. The lowest BCUT2D eigenvalue weighted by atomic mass is 9.78. The molecule has 1 saturated carbocycles. The van der Waals surface area contributed by atoms with Crippen LogP contribution in [0.2, 0.25) is 0 Å². The van der Waals surface area contributed by atoms with E-state index in [4.69, 9.17) is 4.74 Å². The molecule has 0 N–H and O–H groups in total. The summed E-state index contributed by atoms with van der Waals surface area (Å²) < 4.78 is 49.9. The van der Waals surface area contributed by atoms with Gasteiger partial charge in [0.1, 0.15) is 5.82 Å². The summed E-state index contributed by atoms with van der Waals surface area (Å²) in [5.74, 6) is -0.827. The molecule has 192 valence electrons. The summed E-state index contributed by atoms with van der Waals surface area (Å²) in [5.41, 5.74) is 3.54. The van der Waals surface area contributed by atoms with Crippen LogP contribution >= 0.6 is 0 Å². The topological polar surface area (TPSA) is 9.23 Å². The van der Waals surface area contributed by atoms with Crippen molar-refractivity contribution in [3.05, 3.63) is 83.2 Å². The molecule has 0 aromatic heterocycles. The molecule has 0 unspecified atom stereocenters. The fourth-order valence-electron chi connectivity index (χ4n) is 5.49. The Morgan fingerprint density at radius 3 is 2.06 bits per heavy atom. The summed E-state index contributed by atoms with van der Waals surface area (Å²) in [4.78, 5) is 0. The maximum absolute atomic E-state index is 15.1. The molecule has 0 radical (unpaired) electrons. The summed E-state index contributed by atoms with van der Waals surface area (Å²) in [5, 5.41) is 0. The van der Waals surface area contributed by atoms with Crippen molar-refractivity contribution < 1.29 is 17.9 Å². The average Bonchev–Trinajstić information content (AvgIpc) is 2.90. The molecule has 0 bridgehead atoms. The van der Waals surface area contributed by atoms with Gasteiger partial charge in [-0.3, -0.25) is 0 Å². The number of unbranched alkanes of at least 4 members (excludes halogenated alkanes) is 3. The van der Waals surface area contributed by atoms with Crippen LogP contribution in [0.3, 0.4) is 0 Å². The van der Waals surface area contributed by atoms with Crippen molar-refractivity contribution in [1.29, 1.82) is 0 Å². The van der Waals surface area contributed by atoms with E-state index in [-0.39, 0.29) is 11.4 Å². The SMILES string of the molecule is CCCCCCc1ccc(-c2ccc(-c3ccc(C4CCC(COC)CC4)cc3F)cc2)c(F)c1F. The number of hydrogen-bond acceptors (Lipinski definition) is 1. The van der Waals surface area contributed by atoms with Crippen molar-refractivity contribution in [2.24, 2.45) is 5.92 Å². The van der Waals surface area contributed by atoms with Crippen LogP contribution in [0.4, 0.5) is 13.2 Å². The van der Waals surface area contributed by atoms with Crippen LogP contribution in [0.5, 0.6) is 0 Å². The van der Waals surface area contributed by atoms with Crippen molar-refractivity contribution >= 4 is 0 Å². The number of methoxy groups -OCH3 is 1. The minimum Gasteiger partial charge on any atom is -0.384 e. The van der Waals surface area contributed by atoms with Gasteiger partial charge in [-0.2, -0.15) is 0 Å². The van der Waals surface area contributed by atoms with Gasteiger partial charge >= 0.3 is 0 Å². The third-order valence-corrected chi connectivity index (χ3v) is 7.68. The number of halogens is 3. The molecule has 0 amide bonds. The van der Waals surface area contributed by atoms with Crippen molar-refractivity contribution in [3.8, 4) is 22.3 Å². The third kappa shape index (κ3) is 6.21. The van der Waals surface area contributed by atoms with Gasteiger partial charge in [0, 0.05) is 24.8 Å². The van der Waals surface area contributed by atoms with Crippen LogP contribution in [0.15, 0.2) is 54.6 Å². The van der Waals surface area contributed by atoms with Gasteiger partial charge in [0.15, 0.2) is 11.6 Å². The molecule has 4 rings (SSSR count). The number of aryl methyl sites for hydroxylation is 1. The Kier molecular flexibility index (Phi) is 9.25. The number of ether oxygens (including phenoxy) is 1. The van der Waals surface area contributed by atoms with Crippen molar-refractivity contribution in [2.75, 3.05) is 13.7 Å². The molecule has 1 fully saturated rings. The van der Waals surface area contributed by atoms with Gasteiger partial charge in [-0.15, -0.1) is 0 Å². The predicted molar refractivity (Wildman–Crippen MR) is 142 cm³/mol. The highest BCUT2D eigenvalue weighted by atomic mass is 19.2. The fourth-order valence-corrected chi connectivity index (χ4v) is 5.49. The maximum Gasteiger partial charge on any atom is 0.166 e. The van der Waals surface area contributed by atoms with Crippen LogP contribution < -0.4 is 0 Å². The Balaban J connectivity index is 1.45. The molecule has 0 heterocycles. The molecule has 3 aromatic carbocycles. The van der Waals surface area contributed by atoms with Crippen molar-refractivity contribution in [3.63, 3.8) is 0 Å². The second-order valence-electron chi connectivity index (χ2n) is 10.2. The third-order valence-electron chi connectivity index (χ3n) is 7.68. The highest BCUT2D eigenvalue weighted by molar-refractivity contribution is 5.71. The average molecular weight is 495 g/mol. The molecule has 3 aromatic rings. The molecule has 1 nitrogen and oxygen atoms in total. The summed E-state index contributed by atoms with van der Waals surface area (Å²) in [6.07, 6.45) is 8.98. The van der Waals surface area contributed by atoms with Crippen molar-refractivity contribution in [2.45, 2.75) is 70.6 Å². The Morgan fingerprint density at radius 1 is 0.750 bits per heavy atom. The van der Waals surface area contributed by atoms with E-state index in [9.17, 15) is 8.78 Å². The van der Waals surface area contributed by atoms with E-state index in [1.54, 1.807) is 49.6 Å². The smallest absolute Gasteiger partial charge is 0.166 e. The van der Waals surface area contributed by atoms with Crippen LogP contribution in [0.1, 0.15) is 75.3 Å². The van der Waals surface area contributed by atoms with Crippen LogP contribution in [-0.4, -0.2) is 13.7 Å². The fraction of sp³-hybridized carbons (Fsp3) is 0.438. The van der Waals surface area contributed by atoms with Crippen molar-refractivity contribution in [1.82, 2.24) is 0 Å². The molecular formula is C32H37F3O. The quantitative estimate of drug-likeness (QED) is 0.255. The monoisotopic (exact) mass is 494 g/mol. The predicted octanol–water partition coefficient (Wildman–Crippen LogP) is 9.48. The van der Waals surface area contributed by atoms with Gasteiger partial charge in [0.05, 0.1) is 0 Å². The Morgan fingerprint density at radius 2 is 1.42 bits per heavy atom. The Labute approximate surface area is 213 Å². The molecular weight excluding hydrogens is 457 g/mol. The molecule has 1 aliphatic rings. The van der Waals surface area contributed by atoms with E-state index >= 15 is 4.39 Å². The molecule has 4 heteroatoms. The van der Waals surface area contributed by atoms with Gasteiger partial charge in [-0.1, -0.05) is 74.7 Å². The van der Waals surface area contributed by atoms with Crippen LogP contribution in [-0.2, 0) is 11.2 Å². The molecule has 0 atom stereocenters. The van der Waals surface area contributed by atoms with E-state index in [2.05, 4.69) is 6.92 Å². The van der Waals surface area contributed by atoms with Gasteiger partial charge in [0.25, 0.3) is 0 Å². The zero-order chi connectivity index (χ0) is 25.5. The molecule has 0 spiro atoms. The highest BCUT2D eigenvalue weighted by Gasteiger charge is 2.23. The zero-order valence-corrected chi connectivity index (χ0v) is 21.5. The first-order valence-corrected chi connectivity index (χ1v) is 13.4. The van der Waals surface area contributed by atoms with Crippen LogP contribution in [0.25, 0.3) is 22.3 Å². The maximum atomic E-state index is 15.1. The molecule has 0 saturated heterocycles. The van der Waals surface area contributed by atoms with E-state index in [1.807, 2.05) is 12.1 Å². The molecule has 1 aliphatic carbocycles. The van der Waals surface area contributed by atoms with E-state index < -0.39 is 11.6 Å². The lowest BCUT2D eigenvalue weighted by Gasteiger charge is -2.28. The summed E-state index contributed by atoms with van der Waals surface area (Å²) in [6, 6.07) is 15.9. The largest absolute Gasteiger partial charge is 0.384 e. The second kappa shape index (κ2) is 12.6. The lowest BCUT2D eigenvalue weighted by Crippen LogP contribution is -2.17. The van der Waals surface area contributed by atoms with Crippen LogP contribution in [0, 0.1) is 23.4 Å². The summed E-state index contributed by atoms with van der Waals surface area (Å²) in [6.45, 7) is 2.93. The summed E-state index contributed by atoms with van der Waals surface area (Å²) in [7, 11) is 1.74. The standard InChI is InChI=1S/C32H37F3O/c1-3-4-5-6-7-26-16-19-29(32(35)31(26)34)25-14-12-24(13-15-25)28-18-17-27(20-30(28)33)23-10-8-22(9-11-23)21-36-2/h12-20,22-23H,3-11,21H2,1-2H3. The summed E-state index contributed by atoms with van der Waals surface area (Å²) >= 11 is 0. The number of benzene rings is 3. The molecule has 0 aliphatic heterocycles. The lowest BCUT2D eigenvalue weighted by molar-refractivity contribution is 0.127.